The van der Waals surface area contributed by atoms with Crippen molar-refractivity contribution in [3.63, 3.8) is 0 Å². The second-order valence-electron chi connectivity index (χ2n) is 3.37. The van der Waals surface area contributed by atoms with Crippen molar-refractivity contribution in [2.75, 3.05) is 6.16 Å². The second kappa shape index (κ2) is 4.25. The average Bonchev–Trinajstić information content (AvgIpc) is 1.82. The molecule has 0 amide bonds. The molecule has 1 N–H and O–H groups in total. The van der Waals surface area contributed by atoms with Crippen LogP contribution in [0.3, 0.4) is 0 Å². The highest BCUT2D eigenvalue weighted by molar-refractivity contribution is 7.62. The van der Waals surface area contributed by atoms with Crippen LogP contribution in [-0.2, 0) is 4.57 Å². The molecule has 0 aromatic carbocycles. The summed E-state index contributed by atoms with van der Waals surface area (Å²) >= 11 is 0. The van der Waals surface area contributed by atoms with Gasteiger partial charge in [-0.2, -0.15) is 0 Å². The van der Waals surface area contributed by atoms with Crippen LogP contribution in [0.25, 0.3) is 0 Å². The molecule has 1 aliphatic rings. The standard InChI is InChI=1S/C9H17O2P/c1-2-3-4-8-12(10,11)9-6-5-7-9/h6H,2-5,7-8H2,1H3,(H,10,11). The van der Waals surface area contributed by atoms with Gasteiger partial charge in [0.25, 0.3) is 0 Å². The predicted octanol–water partition coefficient (Wildman–Crippen LogP) is 3.12. The first-order valence-electron chi connectivity index (χ1n) is 4.68. The quantitative estimate of drug-likeness (QED) is 0.531. The van der Waals surface area contributed by atoms with Crippen molar-refractivity contribution in [3.05, 3.63) is 11.4 Å². The Labute approximate surface area is 74.1 Å². The number of allylic oxidation sites excluding steroid dienone is 2. The maximum atomic E-state index is 11.6. The molecule has 3 heteroatoms. The Balaban J connectivity index is 2.33. The summed E-state index contributed by atoms with van der Waals surface area (Å²) in [7, 11) is -2.87. The molecule has 0 heterocycles. The van der Waals surface area contributed by atoms with E-state index in [1.54, 1.807) is 0 Å². The summed E-state index contributed by atoms with van der Waals surface area (Å²) in [6.45, 7) is 2.10. The van der Waals surface area contributed by atoms with Gasteiger partial charge in [-0.1, -0.05) is 25.8 Å². The molecule has 1 atom stereocenters. The molecular weight excluding hydrogens is 171 g/mol. The molecule has 0 fully saturated rings. The molecule has 0 radical (unpaired) electrons. The first-order valence-corrected chi connectivity index (χ1v) is 6.52. The average molecular weight is 188 g/mol. The van der Waals surface area contributed by atoms with E-state index in [1.807, 2.05) is 6.08 Å². The van der Waals surface area contributed by atoms with Gasteiger partial charge in [0, 0.05) is 11.5 Å². The smallest absolute Gasteiger partial charge is 0.225 e. The normalized spacial score (nSPS) is 21.0. The predicted molar refractivity (Wildman–Crippen MR) is 51.5 cm³/mol. The van der Waals surface area contributed by atoms with Gasteiger partial charge in [-0.3, -0.25) is 4.57 Å². The number of unbranched alkanes of at least 4 members (excludes halogenated alkanes) is 2. The van der Waals surface area contributed by atoms with Gasteiger partial charge in [-0.25, -0.2) is 0 Å². The molecular formula is C9H17O2P. The van der Waals surface area contributed by atoms with Gasteiger partial charge in [0.1, 0.15) is 0 Å². The van der Waals surface area contributed by atoms with E-state index in [0.29, 0.717) is 6.16 Å². The monoisotopic (exact) mass is 188 g/mol. The SMILES string of the molecule is CCCCCP(=O)(O)C1=CCC1. The lowest BCUT2D eigenvalue weighted by atomic mass is 10.1. The lowest BCUT2D eigenvalue weighted by Crippen LogP contribution is -1.99. The number of hydrogen-bond donors (Lipinski definition) is 1. The van der Waals surface area contributed by atoms with Crippen LogP contribution in [0.2, 0.25) is 0 Å². The third kappa shape index (κ3) is 2.46. The Bertz CT molecular complexity index is 221. The zero-order valence-corrected chi connectivity index (χ0v) is 8.52. The van der Waals surface area contributed by atoms with Crippen molar-refractivity contribution >= 4 is 7.37 Å². The van der Waals surface area contributed by atoms with Gasteiger partial charge in [0.2, 0.25) is 7.37 Å². The summed E-state index contributed by atoms with van der Waals surface area (Å²) in [5.41, 5.74) is 0. The van der Waals surface area contributed by atoms with Crippen LogP contribution < -0.4 is 0 Å². The maximum Gasteiger partial charge on any atom is 0.225 e. The van der Waals surface area contributed by atoms with E-state index in [0.717, 1.165) is 37.4 Å². The van der Waals surface area contributed by atoms with Crippen molar-refractivity contribution in [3.8, 4) is 0 Å². The fourth-order valence-electron chi connectivity index (χ4n) is 1.31. The highest BCUT2D eigenvalue weighted by Crippen LogP contribution is 2.55. The fourth-order valence-corrected chi connectivity index (χ4v) is 3.14. The Morgan fingerprint density at radius 3 is 2.67 bits per heavy atom. The second-order valence-corrected chi connectivity index (χ2v) is 5.79. The van der Waals surface area contributed by atoms with Crippen molar-refractivity contribution < 1.29 is 9.46 Å². The van der Waals surface area contributed by atoms with E-state index in [9.17, 15) is 9.46 Å². The van der Waals surface area contributed by atoms with Gasteiger partial charge in [-0.05, 0) is 19.3 Å². The molecule has 0 saturated carbocycles. The van der Waals surface area contributed by atoms with E-state index >= 15 is 0 Å². The van der Waals surface area contributed by atoms with E-state index in [-0.39, 0.29) is 0 Å². The molecule has 12 heavy (non-hydrogen) atoms. The third-order valence-corrected chi connectivity index (χ3v) is 4.52. The van der Waals surface area contributed by atoms with Crippen LogP contribution in [0.1, 0.15) is 39.0 Å². The molecule has 0 spiro atoms. The Morgan fingerprint density at radius 2 is 2.25 bits per heavy atom. The summed E-state index contributed by atoms with van der Waals surface area (Å²) in [6.07, 6.45) is 7.31. The molecule has 1 unspecified atom stereocenters. The molecule has 70 valence electrons. The zero-order chi connectivity index (χ0) is 9.03. The summed E-state index contributed by atoms with van der Waals surface area (Å²) in [4.78, 5) is 9.55. The van der Waals surface area contributed by atoms with Crippen molar-refractivity contribution in [1.82, 2.24) is 0 Å². The van der Waals surface area contributed by atoms with Crippen LogP contribution in [0.5, 0.6) is 0 Å². The third-order valence-electron chi connectivity index (χ3n) is 2.29. The van der Waals surface area contributed by atoms with Crippen LogP contribution in [0.4, 0.5) is 0 Å². The van der Waals surface area contributed by atoms with E-state index in [4.69, 9.17) is 0 Å². The van der Waals surface area contributed by atoms with Gasteiger partial charge in [-0.15, -0.1) is 0 Å². The minimum absolute atomic E-state index is 0.493. The van der Waals surface area contributed by atoms with Crippen LogP contribution in [0, 0.1) is 0 Å². The number of rotatable bonds is 5. The maximum absolute atomic E-state index is 11.6. The van der Waals surface area contributed by atoms with Gasteiger partial charge >= 0.3 is 0 Å². The molecule has 2 nitrogen and oxygen atoms in total. The van der Waals surface area contributed by atoms with E-state index in [2.05, 4.69) is 6.92 Å². The highest BCUT2D eigenvalue weighted by Gasteiger charge is 2.26. The van der Waals surface area contributed by atoms with Crippen LogP contribution in [0.15, 0.2) is 11.4 Å². The Hall–Kier alpha value is -0.0700. The van der Waals surface area contributed by atoms with E-state index in [1.165, 1.54) is 0 Å². The Kier molecular flexibility index (Phi) is 3.54. The van der Waals surface area contributed by atoms with Crippen molar-refractivity contribution in [2.24, 2.45) is 0 Å². The Morgan fingerprint density at radius 1 is 1.58 bits per heavy atom. The minimum atomic E-state index is -2.87. The van der Waals surface area contributed by atoms with Crippen LogP contribution in [-0.4, -0.2) is 11.1 Å². The van der Waals surface area contributed by atoms with Gasteiger partial charge < -0.3 is 4.89 Å². The molecule has 0 bridgehead atoms. The molecule has 1 rings (SSSR count). The number of hydrogen-bond acceptors (Lipinski definition) is 1. The first kappa shape index (κ1) is 10.0. The summed E-state index contributed by atoms with van der Waals surface area (Å²) < 4.78 is 11.6. The topological polar surface area (TPSA) is 37.3 Å². The van der Waals surface area contributed by atoms with E-state index < -0.39 is 7.37 Å². The lowest BCUT2D eigenvalue weighted by molar-refractivity contribution is 0.478. The van der Waals surface area contributed by atoms with Crippen molar-refractivity contribution in [2.45, 2.75) is 39.0 Å². The summed E-state index contributed by atoms with van der Waals surface area (Å²) in [6, 6.07) is 0. The minimum Gasteiger partial charge on any atom is -0.341 e. The molecule has 1 aliphatic carbocycles. The van der Waals surface area contributed by atoms with Crippen LogP contribution >= 0.6 is 7.37 Å². The van der Waals surface area contributed by atoms with Gasteiger partial charge in [0.15, 0.2) is 0 Å². The highest BCUT2D eigenvalue weighted by atomic mass is 31.2. The first-order chi connectivity index (χ1) is 5.67. The molecule has 0 saturated heterocycles. The summed E-state index contributed by atoms with van der Waals surface area (Å²) in [5, 5.41) is 0.818. The largest absolute Gasteiger partial charge is 0.341 e. The molecule has 0 aromatic rings. The summed E-state index contributed by atoms with van der Waals surface area (Å²) in [5.74, 6) is 0. The lowest BCUT2D eigenvalue weighted by Gasteiger charge is -2.20. The zero-order valence-electron chi connectivity index (χ0n) is 7.62. The van der Waals surface area contributed by atoms with Crippen molar-refractivity contribution in [1.29, 1.82) is 0 Å². The molecule has 0 aliphatic heterocycles. The molecule has 0 aromatic heterocycles. The van der Waals surface area contributed by atoms with Gasteiger partial charge in [0.05, 0.1) is 0 Å². The fraction of sp³-hybridized carbons (Fsp3) is 0.778.